The maximum atomic E-state index is 12.9. The lowest BCUT2D eigenvalue weighted by Crippen LogP contribution is -2.40. The first-order chi connectivity index (χ1) is 10.9. The highest BCUT2D eigenvalue weighted by atomic mass is 32.2. The van der Waals surface area contributed by atoms with Crippen molar-refractivity contribution in [2.45, 2.75) is 24.2 Å². The number of rotatable bonds is 6. The van der Waals surface area contributed by atoms with Gasteiger partial charge in [0, 0.05) is 25.2 Å². The van der Waals surface area contributed by atoms with Crippen molar-refractivity contribution in [1.29, 1.82) is 0 Å². The van der Waals surface area contributed by atoms with E-state index in [1.807, 2.05) is 0 Å². The molecule has 1 aliphatic rings. The van der Waals surface area contributed by atoms with Crippen LogP contribution in [0.3, 0.4) is 0 Å². The maximum absolute atomic E-state index is 12.9. The van der Waals surface area contributed by atoms with Crippen molar-refractivity contribution in [1.82, 2.24) is 4.31 Å². The molecule has 1 unspecified atom stereocenters. The Bertz CT molecular complexity index is 675. The number of ether oxygens (including phenoxy) is 1. The minimum atomic E-state index is -3.85. The van der Waals surface area contributed by atoms with Crippen LogP contribution in [0.1, 0.15) is 19.3 Å². The van der Waals surface area contributed by atoms with E-state index in [0.29, 0.717) is 19.6 Å². The predicted octanol–water partition coefficient (Wildman–Crippen LogP) is 1.35. The minimum Gasteiger partial charge on any atom is -0.495 e. The summed E-state index contributed by atoms with van der Waals surface area (Å²) >= 11 is 0. The van der Waals surface area contributed by atoms with Gasteiger partial charge < -0.3 is 10.5 Å². The first-order valence-corrected chi connectivity index (χ1v) is 8.86. The van der Waals surface area contributed by atoms with Crippen LogP contribution in [0.5, 0.6) is 5.75 Å². The molecule has 1 aliphatic heterocycles. The third-order valence-electron chi connectivity index (χ3n) is 4.03. The zero-order chi connectivity index (χ0) is 17.0. The van der Waals surface area contributed by atoms with E-state index in [9.17, 15) is 18.5 Å². The summed E-state index contributed by atoms with van der Waals surface area (Å²) in [6.07, 6.45) is 2.45. The highest BCUT2D eigenvalue weighted by Gasteiger charge is 2.33. The predicted molar refractivity (Wildman–Crippen MR) is 84.8 cm³/mol. The van der Waals surface area contributed by atoms with E-state index in [1.54, 1.807) is 0 Å². The molecule has 0 radical (unpaired) electrons. The van der Waals surface area contributed by atoms with Crippen molar-refractivity contribution in [2.24, 2.45) is 11.7 Å². The molecule has 1 saturated heterocycles. The quantitative estimate of drug-likeness (QED) is 0.616. The second kappa shape index (κ2) is 7.24. The van der Waals surface area contributed by atoms with Crippen LogP contribution in [0.25, 0.3) is 0 Å². The fourth-order valence-electron chi connectivity index (χ4n) is 2.84. The molecule has 9 heteroatoms. The Hall–Kier alpha value is -1.71. The summed E-state index contributed by atoms with van der Waals surface area (Å²) in [7, 11) is -2.51. The highest BCUT2D eigenvalue weighted by Crippen LogP contribution is 2.32. The van der Waals surface area contributed by atoms with Crippen molar-refractivity contribution in [3.63, 3.8) is 0 Å². The van der Waals surface area contributed by atoms with E-state index in [-0.39, 0.29) is 22.3 Å². The Morgan fingerprint density at radius 3 is 2.83 bits per heavy atom. The first kappa shape index (κ1) is 17.6. The van der Waals surface area contributed by atoms with Crippen LogP contribution in [0.2, 0.25) is 0 Å². The molecule has 1 aromatic rings. The van der Waals surface area contributed by atoms with E-state index in [2.05, 4.69) is 0 Å². The smallest absolute Gasteiger partial charge is 0.271 e. The van der Waals surface area contributed by atoms with Crippen LogP contribution in [-0.2, 0) is 10.0 Å². The summed E-state index contributed by atoms with van der Waals surface area (Å²) in [4.78, 5) is 10.2. The van der Waals surface area contributed by atoms with Crippen LogP contribution < -0.4 is 10.5 Å². The largest absolute Gasteiger partial charge is 0.495 e. The number of nitro groups is 1. The molecule has 0 aliphatic carbocycles. The van der Waals surface area contributed by atoms with Gasteiger partial charge in [-0.05, 0) is 37.8 Å². The van der Waals surface area contributed by atoms with Crippen molar-refractivity contribution in [3.8, 4) is 5.75 Å². The standard InChI is InChI=1S/C14H21N3O5S/c1-22-13-5-4-12(17(18)19)9-14(13)23(20,21)16-8-2-3-11(10-16)6-7-15/h4-5,9,11H,2-3,6-8,10,15H2,1H3. The molecular formula is C14H21N3O5S. The van der Waals surface area contributed by atoms with Gasteiger partial charge in [0.05, 0.1) is 12.0 Å². The van der Waals surface area contributed by atoms with E-state index in [4.69, 9.17) is 10.5 Å². The van der Waals surface area contributed by atoms with Gasteiger partial charge >= 0.3 is 0 Å². The molecule has 0 saturated carbocycles. The van der Waals surface area contributed by atoms with Gasteiger partial charge in [-0.1, -0.05) is 0 Å². The van der Waals surface area contributed by atoms with Gasteiger partial charge in [-0.25, -0.2) is 8.42 Å². The van der Waals surface area contributed by atoms with E-state index >= 15 is 0 Å². The number of benzene rings is 1. The third-order valence-corrected chi connectivity index (χ3v) is 5.92. The van der Waals surface area contributed by atoms with Gasteiger partial charge in [0.15, 0.2) is 0 Å². The second-order valence-electron chi connectivity index (χ2n) is 5.54. The monoisotopic (exact) mass is 343 g/mol. The van der Waals surface area contributed by atoms with Gasteiger partial charge in [0.1, 0.15) is 10.6 Å². The molecular weight excluding hydrogens is 322 g/mol. The fourth-order valence-corrected chi connectivity index (χ4v) is 4.57. The van der Waals surface area contributed by atoms with Crippen LogP contribution in [0.4, 0.5) is 5.69 Å². The van der Waals surface area contributed by atoms with E-state index < -0.39 is 14.9 Å². The SMILES string of the molecule is COc1ccc([N+](=O)[O-])cc1S(=O)(=O)N1CCCC(CCN)C1. The number of non-ortho nitro benzene ring substituents is 1. The number of sulfonamides is 1. The van der Waals surface area contributed by atoms with Gasteiger partial charge in [-0.15, -0.1) is 0 Å². The van der Waals surface area contributed by atoms with Gasteiger partial charge in [0.25, 0.3) is 5.69 Å². The van der Waals surface area contributed by atoms with Crippen LogP contribution in [0.15, 0.2) is 23.1 Å². The van der Waals surface area contributed by atoms with Gasteiger partial charge in [-0.3, -0.25) is 10.1 Å². The van der Waals surface area contributed by atoms with Gasteiger partial charge in [0.2, 0.25) is 10.0 Å². The molecule has 2 rings (SSSR count). The Kier molecular flexibility index (Phi) is 5.55. The zero-order valence-electron chi connectivity index (χ0n) is 13.0. The number of methoxy groups -OCH3 is 1. The number of hydrogen-bond acceptors (Lipinski definition) is 6. The average molecular weight is 343 g/mol. The molecule has 1 atom stereocenters. The third kappa shape index (κ3) is 3.80. The molecule has 1 fully saturated rings. The summed E-state index contributed by atoms with van der Waals surface area (Å²) in [5, 5.41) is 10.9. The number of hydrogen-bond donors (Lipinski definition) is 1. The maximum Gasteiger partial charge on any atom is 0.271 e. The first-order valence-electron chi connectivity index (χ1n) is 7.42. The van der Waals surface area contributed by atoms with Crippen LogP contribution >= 0.6 is 0 Å². The average Bonchev–Trinajstić information content (AvgIpc) is 2.54. The van der Waals surface area contributed by atoms with E-state index in [1.165, 1.54) is 23.5 Å². The fraction of sp³-hybridized carbons (Fsp3) is 0.571. The molecule has 0 aromatic heterocycles. The van der Waals surface area contributed by atoms with Crippen molar-refractivity contribution < 1.29 is 18.1 Å². The molecule has 0 spiro atoms. The summed E-state index contributed by atoms with van der Waals surface area (Å²) in [5.74, 6) is 0.324. The Labute approximate surface area is 135 Å². The number of piperidine rings is 1. The van der Waals surface area contributed by atoms with E-state index in [0.717, 1.165) is 25.3 Å². The van der Waals surface area contributed by atoms with Crippen LogP contribution in [-0.4, -0.2) is 44.4 Å². The summed E-state index contributed by atoms with van der Waals surface area (Å²) < 4.78 is 32.2. The lowest BCUT2D eigenvalue weighted by Gasteiger charge is -2.32. The van der Waals surface area contributed by atoms with Crippen molar-refractivity contribution in [2.75, 3.05) is 26.7 Å². The molecule has 23 heavy (non-hydrogen) atoms. The Morgan fingerprint density at radius 2 is 2.22 bits per heavy atom. The molecule has 1 aromatic carbocycles. The molecule has 2 N–H and O–H groups in total. The van der Waals surface area contributed by atoms with Crippen molar-refractivity contribution >= 4 is 15.7 Å². The van der Waals surface area contributed by atoms with Crippen LogP contribution in [0, 0.1) is 16.0 Å². The normalized spacial score (nSPS) is 19.5. The van der Waals surface area contributed by atoms with Gasteiger partial charge in [-0.2, -0.15) is 4.31 Å². The molecule has 0 amide bonds. The van der Waals surface area contributed by atoms with Crippen molar-refractivity contribution in [3.05, 3.63) is 28.3 Å². The second-order valence-corrected chi connectivity index (χ2v) is 7.45. The Morgan fingerprint density at radius 1 is 1.48 bits per heavy atom. The topological polar surface area (TPSA) is 116 Å². The summed E-state index contributed by atoms with van der Waals surface area (Å²) in [5.41, 5.74) is 5.28. The minimum absolute atomic E-state index is 0.108. The number of nitrogens with two attached hydrogens (primary N) is 1. The lowest BCUT2D eigenvalue weighted by atomic mass is 9.96. The number of nitrogens with zero attached hydrogens (tertiary/aromatic N) is 2. The molecule has 0 bridgehead atoms. The lowest BCUT2D eigenvalue weighted by molar-refractivity contribution is -0.385. The number of nitro benzene ring substituents is 1. The Balaban J connectivity index is 2.38. The molecule has 1 heterocycles. The zero-order valence-corrected chi connectivity index (χ0v) is 13.8. The summed E-state index contributed by atoms with van der Waals surface area (Å²) in [6, 6.07) is 3.60. The molecule has 8 nitrogen and oxygen atoms in total. The highest BCUT2D eigenvalue weighted by molar-refractivity contribution is 7.89. The molecule has 128 valence electrons. The summed E-state index contributed by atoms with van der Waals surface area (Å²) in [6.45, 7) is 1.29.